The standard InChI is InChI=1S/C12H23NO2/c1-9(2)15-12(14)8-13-6-10(3)5-11(4)7-13/h9-11H,5-8H2,1-4H3. The summed E-state index contributed by atoms with van der Waals surface area (Å²) in [6, 6.07) is 0. The van der Waals surface area contributed by atoms with E-state index in [4.69, 9.17) is 4.74 Å². The van der Waals surface area contributed by atoms with Crippen LogP contribution in [-0.4, -0.2) is 36.6 Å². The molecule has 0 aromatic heterocycles. The van der Waals surface area contributed by atoms with Crippen molar-refractivity contribution in [3.8, 4) is 0 Å². The van der Waals surface area contributed by atoms with Crippen LogP contribution in [0, 0.1) is 11.8 Å². The van der Waals surface area contributed by atoms with E-state index in [0.29, 0.717) is 18.4 Å². The number of ether oxygens (including phenoxy) is 1. The molecule has 2 atom stereocenters. The van der Waals surface area contributed by atoms with Gasteiger partial charge in [-0.25, -0.2) is 0 Å². The molecule has 0 radical (unpaired) electrons. The lowest BCUT2D eigenvalue weighted by Crippen LogP contribution is -2.42. The van der Waals surface area contributed by atoms with E-state index in [0.717, 1.165) is 13.1 Å². The molecule has 1 heterocycles. The predicted octanol–water partition coefficient (Wildman–Crippen LogP) is 1.92. The van der Waals surface area contributed by atoms with E-state index in [1.165, 1.54) is 6.42 Å². The minimum atomic E-state index is -0.0914. The molecule has 0 N–H and O–H groups in total. The van der Waals surface area contributed by atoms with Gasteiger partial charge in [0.05, 0.1) is 12.6 Å². The quantitative estimate of drug-likeness (QED) is 0.671. The molecule has 0 aliphatic carbocycles. The molecule has 0 bridgehead atoms. The highest BCUT2D eigenvalue weighted by molar-refractivity contribution is 5.71. The first-order chi connectivity index (χ1) is 6.97. The van der Waals surface area contributed by atoms with Gasteiger partial charge in [-0.3, -0.25) is 9.69 Å². The van der Waals surface area contributed by atoms with Gasteiger partial charge >= 0.3 is 5.97 Å². The van der Waals surface area contributed by atoms with Crippen LogP contribution in [0.3, 0.4) is 0 Å². The van der Waals surface area contributed by atoms with Crippen LogP contribution < -0.4 is 0 Å². The smallest absolute Gasteiger partial charge is 0.320 e. The summed E-state index contributed by atoms with van der Waals surface area (Å²) in [4.78, 5) is 13.7. The largest absolute Gasteiger partial charge is 0.462 e. The van der Waals surface area contributed by atoms with E-state index in [1.54, 1.807) is 0 Å². The Kier molecular flexibility index (Phi) is 4.58. The third-order valence-electron chi connectivity index (χ3n) is 2.66. The second-order valence-corrected chi connectivity index (χ2v) is 5.18. The Labute approximate surface area is 92.8 Å². The fraction of sp³-hybridized carbons (Fsp3) is 0.917. The van der Waals surface area contributed by atoms with Crippen molar-refractivity contribution in [2.75, 3.05) is 19.6 Å². The van der Waals surface area contributed by atoms with E-state index in [-0.39, 0.29) is 12.1 Å². The summed E-state index contributed by atoms with van der Waals surface area (Å²) in [7, 11) is 0. The number of nitrogens with zero attached hydrogens (tertiary/aromatic N) is 1. The molecule has 1 aliphatic rings. The first-order valence-electron chi connectivity index (χ1n) is 5.89. The number of carbonyl (C=O) groups excluding carboxylic acids is 1. The van der Waals surface area contributed by atoms with Crippen molar-refractivity contribution in [3.05, 3.63) is 0 Å². The number of hydrogen-bond donors (Lipinski definition) is 0. The van der Waals surface area contributed by atoms with E-state index in [9.17, 15) is 4.79 Å². The van der Waals surface area contributed by atoms with Crippen molar-refractivity contribution < 1.29 is 9.53 Å². The summed E-state index contributed by atoms with van der Waals surface area (Å²) < 4.78 is 5.14. The number of esters is 1. The Bertz CT molecular complexity index is 206. The first kappa shape index (κ1) is 12.5. The zero-order valence-corrected chi connectivity index (χ0v) is 10.3. The molecule has 2 unspecified atom stereocenters. The van der Waals surface area contributed by atoms with Crippen LogP contribution >= 0.6 is 0 Å². The Morgan fingerprint density at radius 3 is 2.33 bits per heavy atom. The summed E-state index contributed by atoms with van der Waals surface area (Å²) in [5.41, 5.74) is 0. The molecular formula is C12H23NO2. The maximum absolute atomic E-state index is 11.5. The predicted molar refractivity (Wildman–Crippen MR) is 60.6 cm³/mol. The summed E-state index contributed by atoms with van der Waals surface area (Å²) >= 11 is 0. The van der Waals surface area contributed by atoms with E-state index in [1.807, 2.05) is 13.8 Å². The van der Waals surface area contributed by atoms with Crippen molar-refractivity contribution in [2.45, 2.75) is 40.2 Å². The molecule has 0 spiro atoms. The molecule has 1 aliphatic heterocycles. The highest BCUT2D eigenvalue weighted by Crippen LogP contribution is 2.20. The Morgan fingerprint density at radius 2 is 1.87 bits per heavy atom. The zero-order chi connectivity index (χ0) is 11.4. The van der Waals surface area contributed by atoms with Crippen LogP contribution in [0.4, 0.5) is 0 Å². The maximum atomic E-state index is 11.5. The second-order valence-electron chi connectivity index (χ2n) is 5.18. The molecule has 1 saturated heterocycles. The fourth-order valence-electron chi connectivity index (χ4n) is 2.40. The first-order valence-corrected chi connectivity index (χ1v) is 5.89. The topological polar surface area (TPSA) is 29.5 Å². The van der Waals surface area contributed by atoms with Crippen molar-refractivity contribution >= 4 is 5.97 Å². The van der Waals surface area contributed by atoms with Gasteiger partial charge in [-0.15, -0.1) is 0 Å². The minimum Gasteiger partial charge on any atom is -0.462 e. The lowest BCUT2D eigenvalue weighted by molar-refractivity contribution is -0.149. The molecule has 0 saturated carbocycles. The molecule has 15 heavy (non-hydrogen) atoms. The number of carbonyl (C=O) groups is 1. The molecule has 3 nitrogen and oxygen atoms in total. The van der Waals surface area contributed by atoms with Gasteiger partial charge in [0.25, 0.3) is 0 Å². The average molecular weight is 213 g/mol. The lowest BCUT2D eigenvalue weighted by atomic mass is 9.92. The van der Waals surface area contributed by atoms with Crippen molar-refractivity contribution in [1.82, 2.24) is 4.90 Å². The molecule has 0 amide bonds. The van der Waals surface area contributed by atoms with Crippen LogP contribution in [-0.2, 0) is 9.53 Å². The summed E-state index contributed by atoms with van der Waals surface area (Å²) in [6.45, 7) is 10.8. The zero-order valence-electron chi connectivity index (χ0n) is 10.3. The van der Waals surface area contributed by atoms with Crippen LogP contribution in [0.1, 0.15) is 34.1 Å². The van der Waals surface area contributed by atoms with Gasteiger partial charge < -0.3 is 4.74 Å². The lowest BCUT2D eigenvalue weighted by Gasteiger charge is -2.34. The highest BCUT2D eigenvalue weighted by atomic mass is 16.5. The fourth-order valence-corrected chi connectivity index (χ4v) is 2.40. The highest BCUT2D eigenvalue weighted by Gasteiger charge is 2.23. The van der Waals surface area contributed by atoms with Gasteiger partial charge in [-0.05, 0) is 32.1 Å². The third-order valence-corrected chi connectivity index (χ3v) is 2.66. The monoisotopic (exact) mass is 213 g/mol. The molecule has 0 aromatic rings. The number of rotatable bonds is 3. The van der Waals surface area contributed by atoms with Crippen LogP contribution in [0.5, 0.6) is 0 Å². The SMILES string of the molecule is CC1CC(C)CN(CC(=O)OC(C)C)C1. The van der Waals surface area contributed by atoms with E-state index in [2.05, 4.69) is 18.7 Å². The number of piperidine rings is 1. The molecule has 1 fully saturated rings. The number of likely N-dealkylation sites (tertiary alicyclic amines) is 1. The number of hydrogen-bond acceptors (Lipinski definition) is 3. The van der Waals surface area contributed by atoms with Crippen LogP contribution in [0.2, 0.25) is 0 Å². The summed E-state index contributed by atoms with van der Waals surface area (Å²) in [5.74, 6) is 1.30. The van der Waals surface area contributed by atoms with Gasteiger partial charge in [-0.2, -0.15) is 0 Å². The van der Waals surface area contributed by atoms with E-state index < -0.39 is 0 Å². The average Bonchev–Trinajstić information content (AvgIpc) is 1.98. The molecule has 0 aromatic carbocycles. The molecule has 88 valence electrons. The maximum Gasteiger partial charge on any atom is 0.320 e. The molecular weight excluding hydrogens is 190 g/mol. The second kappa shape index (κ2) is 5.50. The molecule has 3 heteroatoms. The van der Waals surface area contributed by atoms with Gasteiger partial charge in [0.1, 0.15) is 0 Å². The van der Waals surface area contributed by atoms with Crippen LogP contribution in [0.25, 0.3) is 0 Å². The van der Waals surface area contributed by atoms with Gasteiger partial charge in [0, 0.05) is 13.1 Å². The summed E-state index contributed by atoms with van der Waals surface area (Å²) in [5, 5.41) is 0. The third kappa shape index (κ3) is 4.65. The Hall–Kier alpha value is -0.570. The van der Waals surface area contributed by atoms with Gasteiger partial charge in [-0.1, -0.05) is 13.8 Å². The van der Waals surface area contributed by atoms with Gasteiger partial charge in [0.2, 0.25) is 0 Å². The minimum absolute atomic E-state index is 0.00265. The Balaban J connectivity index is 2.34. The summed E-state index contributed by atoms with van der Waals surface area (Å²) in [6.07, 6.45) is 1.27. The van der Waals surface area contributed by atoms with Crippen molar-refractivity contribution in [1.29, 1.82) is 0 Å². The normalized spacial score (nSPS) is 28.1. The Morgan fingerprint density at radius 1 is 1.33 bits per heavy atom. The van der Waals surface area contributed by atoms with Gasteiger partial charge in [0.15, 0.2) is 0 Å². The van der Waals surface area contributed by atoms with Crippen molar-refractivity contribution in [3.63, 3.8) is 0 Å². The molecule has 1 rings (SSSR count). The van der Waals surface area contributed by atoms with Crippen molar-refractivity contribution in [2.24, 2.45) is 11.8 Å². The van der Waals surface area contributed by atoms with Crippen LogP contribution in [0.15, 0.2) is 0 Å². The van der Waals surface area contributed by atoms with E-state index >= 15 is 0 Å².